The highest BCUT2D eigenvalue weighted by Crippen LogP contribution is 2.30. The molecule has 0 aliphatic heterocycles. The van der Waals surface area contributed by atoms with E-state index in [0.29, 0.717) is 5.02 Å². The van der Waals surface area contributed by atoms with E-state index in [0.717, 1.165) is 10.0 Å². The summed E-state index contributed by atoms with van der Waals surface area (Å²) in [6.07, 6.45) is 3.32. The highest BCUT2D eigenvalue weighted by Gasteiger charge is 2.29. The fraction of sp³-hybridized carbons (Fsp3) is 0.545. The van der Waals surface area contributed by atoms with Crippen LogP contribution in [-0.4, -0.2) is 14.3 Å². The number of aromatic nitrogens is 1. The quantitative estimate of drug-likeness (QED) is 0.856. The number of hydrogen-bond donors (Lipinski definition) is 1. The van der Waals surface area contributed by atoms with Crippen molar-refractivity contribution in [3.8, 4) is 0 Å². The van der Waals surface area contributed by atoms with Crippen molar-refractivity contribution in [3.05, 3.63) is 27.5 Å². The minimum Gasteiger partial charge on any atom is -0.598 e. The van der Waals surface area contributed by atoms with Gasteiger partial charge in [0.25, 0.3) is 0 Å². The van der Waals surface area contributed by atoms with Crippen molar-refractivity contribution in [1.82, 2.24) is 9.71 Å². The predicted molar refractivity (Wildman–Crippen MR) is 76.4 cm³/mol. The van der Waals surface area contributed by atoms with Crippen LogP contribution >= 0.6 is 27.5 Å². The number of rotatable bonds is 3. The van der Waals surface area contributed by atoms with Gasteiger partial charge < -0.3 is 4.55 Å². The third kappa shape index (κ3) is 4.10. The second kappa shape index (κ2) is 5.89. The molecule has 0 aliphatic rings. The van der Waals surface area contributed by atoms with E-state index < -0.39 is 11.4 Å². The SMILES string of the molecule is C[C@@H](N[S+]([O-])C(C)(C)C)c1cncc(Br)c1Cl. The number of nitrogens with zero attached hydrogens (tertiary/aromatic N) is 1. The number of pyridine rings is 1. The summed E-state index contributed by atoms with van der Waals surface area (Å²) in [5.74, 6) is 0. The Balaban J connectivity index is 2.84. The molecular formula is C11H16BrClN2OS. The molecule has 17 heavy (non-hydrogen) atoms. The van der Waals surface area contributed by atoms with Gasteiger partial charge in [-0.1, -0.05) is 11.6 Å². The highest BCUT2D eigenvalue weighted by atomic mass is 79.9. The molecule has 2 atom stereocenters. The van der Waals surface area contributed by atoms with Crippen LogP contribution in [-0.2, 0) is 11.4 Å². The van der Waals surface area contributed by atoms with Crippen LogP contribution in [0.4, 0.5) is 0 Å². The van der Waals surface area contributed by atoms with E-state index in [9.17, 15) is 4.55 Å². The third-order valence-electron chi connectivity index (χ3n) is 2.17. The fourth-order valence-electron chi connectivity index (χ4n) is 1.14. The summed E-state index contributed by atoms with van der Waals surface area (Å²) in [4.78, 5) is 4.07. The van der Waals surface area contributed by atoms with Crippen molar-refractivity contribution in [2.75, 3.05) is 0 Å². The first-order chi connectivity index (χ1) is 7.73. The van der Waals surface area contributed by atoms with E-state index >= 15 is 0 Å². The number of hydrogen-bond acceptors (Lipinski definition) is 3. The summed E-state index contributed by atoms with van der Waals surface area (Å²) in [5.41, 5.74) is 0.832. The maximum atomic E-state index is 12.0. The Morgan fingerprint density at radius 2 is 2.06 bits per heavy atom. The summed E-state index contributed by atoms with van der Waals surface area (Å²) in [7, 11) is 0. The predicted octanol–water partition coefficient (Wildman–Crippen LogP) is 3.61. The van der Waals surface area contributed by atoms with Crippen LogP contribution in [0.25, 0.3) is 0 Å². The third-order valence-corrected chi connectivity index (χ3v) is 5.10. The summed E-state index contributed by atoms with van der Waals surface area (Å²) in [6.45, 7) is 7.68. The Kier molecular flexibility index (Phi) is 5.28. The maximum Gasteiger partial charge on any atom is 0.136 e. The summed E-state index contributed by atoms with van der Waals surface area (Å²) < 4.78 is 15.4. The zero-order valence-electron chi connectivity index (χ0n) is 10.3. The van der Waals surface area contributed by atoms with E-state index in [4.69, 9.17) is 11.6 Å². The summed E-state index contributed by atoms with van der Waals surface area (Å²) in [6, 6.07) is -0.118. The molecule has 1 N–H and O–H groups in total. The molecule has 0 amide bonds. The number of nitrogens with one attached hydrogen (secondary N) is 1. The van der Waals surface area contributed by atoms with Gasteiger partial charge in [-0.25, -0.2) is 0 Å². The van der Waals surface area contributed by atoms with Gasteiger partial charge in [0.2, 0.25) is 0 Å². The highest BCUT2D eigenvalue weighted by molar-refractivity contribution is 9.10. The molecule has 0 spiro atoms. The van der Waals surface area contributed by atoms with Gasteiger partial charge in [0.15, 0.2) is 0 Å². The van der Waals surface area contributed by atoms with Crippen molar-refractivity contribution in [1.29, 1.82) is 0 Å². The van der Waals surface area contributed by atoms with Gasteiger partial charge in [-0.2, -0.15) is 0 Å². The number of halogens is 2. The molecule has 0 radical (unpaired) electrons. The molecule has 0 fully saturated rings. The van der Waals surface area contributed by atoms with Crippen molar-refractivity contribution in [3.63, 3.8) is 0 Å². The monoisotopic (exact) mass is 338 g/mol. The zero-order valence-corrected chi connectivity index (χ0v) is 13.4. The summed E-state index contributed by atoms with van der Waals surface area (Å²) >= 11 is 8.35. The minimum absolute atomic E-state index is 0.118. The van der Waals surface area contributed by atoms with Crippen LogP contribution in [0.2, 0.25) is 5.02 Å². The van der Waals surface area contributed by atoms with Gasteiger partial charge in [-0.3, -0.25) is 4.98 Å². The van der Waals surface area contributed by atoms with Gasteiger partial charge >= 0.3 is 0 Å². The second-order valence-corrected chi connectivity index (χ2v) is 7.98. The van der Waals surface area contributed by atoms with Crippen molar-refractivity contribution in [2.24, 2.45) is 0 Å². The van der Waals surface area contributed by atoms with Gasteiger partial charge in [0, 0.05) is 29.3 Å². The lowest BCUT2D eigenvalue weighted by Crippen LogP contribution is -2.40. The van der Waals surface area contributed by atoms with Crippen LogP contribution in [0.15, 0.2) is 16.9 Å². The molecule has 96 valence electrons. The van der Waals surface area contributed by atoms with Crippen molar-refractivity contribution < 1.29 is 4.55 Å². The van der Waals surface area contributed by atoms with Gasteiger partial charge in [0.05, 0.1) is 15.5 Å². The van der Waals surface area contributed by atoms with Crippen molar-refractivity contribution in [2.45, 2.75) is 38.5 Å². The van der Waals surface area contributed by atoms with Crippen molar-refractivity contribution >= 4 is 38.9 Å². The second-order valence-electron chi connectivity index (χ2n) is 4.75. The van der Waals surface area contributed by atoms with E-state index in [1.165, 1.54) is 0 Å². The molecule has 0 bridgehead atoms. The van der Waals surface area contributed by atoms with Crippen LogP contribution in [0.1, 0.15) is 39.3 Å². The van der Waals surface area contributed by atoms with E-state index in [2.05, 4.69) is 25.6 Å². The van der Waals surface area contributed by atoms with Gasteiger partial charge in [-0.15, -0.1) is 4.72 Å². The molecule has 0 saturated heterocycles. The van der Waals surface area contributed by atoms with Crippen LogP contribution in [0.5, 0.6) is 0 Å². The molecule has 1 rings (SSSR count). The van der Waals surface area contributed by atoms with E-state index in [1.54, 1.807) is 12.4 Å². The minimum atomic E-state index is -1.13. The largest absolute Gasteiger partial charge is 0.598 e. The average Bonchev–Trinajstić information content (AvgIpc) is 2.20. The van der Waals surface area contributed by atoms with E-state index in [-0.39, 0.29) is 10.8 Å². The lowest BCUT2D eigenvalue weighted by Gasteiger charge is -2.26. The fourth-order valence-corrected chi connectivity index (χ4v) is 2.55. The van der Waals surface area contributed by atoms with E-state index in [1.807, 2.05) is 27.7 Å². The Morgan fingerprint density at radius 3 is 2.59 bits per heavy atom. The molecule has 1 aromatic rings. The Bertz CT molecular complexity index is 398. The lowest BCUT2D eigenvalue weighted by molar-refractivity contribution is 0.531. The molecule has 1 heterocycles. The standard InChI is InChI=1S/C11H16BrClN2OS/c1-7(15-17(16)11(2,3)4)8-5-14-6-9(12)10(8)13/h5-7,15H,1-4H3/t7-,17?/m1/s1. The van der Waals surface area contributed by atoms with Crippen LogP contribution < -0.4 is 4.72 Å². The van der Waals surface area contributed by atoms with Crippen LogP contribution in [0.3, 0.4) is 0 Å². The maximum absolute atomic E-state index is 12.0. The molecule has 3 nitrogen and oxygen atoms in total. The molecule has 0 aliphatic carbocycles. The average molecular weight is 340 g/mol. The van der Waals surface area contributed by atoms with Crippen LogP contribution in [0, 0.1) is 0 Å². The first-order valence-corrected chi connectivity index (χ1v) is 7.52. The molecule has 0 aromatic carbocycles. The lowest BCUT2D eigenvalue weighted by atomic mass is 10.2. The Morgan fingerprint density at radius 1 is 1.47 bits per heavy atom. The zero-order chi connectivity index (χ0) is 13.2. The summed E-state index contributed by atoms with van der Waals surface area (Å²) in [5, 5.41) is 0.603. The Hall–Kier alpha value is 0.190. The topological polar surface area (TPSA) is 48.0 Å². The smallest absolute Gasteiger partial charge is 0.136 e. The normalized spacial score (nSPS) is 15.7. The molecule has 0 saturated carbocycles. The molecular weight excluding hydrogens is 324 g/mol. The molecule has 1 unspecified atom stereocenters. The van der Waals surface area contributed by atoms with Gasteiger partial charge in [0.1, 0.15) is 4.75 Å². The molecule has 6 heteroatoms. The first-order valence-electron chi connectivity index (χ1n) is 5.20. The molecule has 1 aromatic heterocycles. The first kappa shape index (κ1) is 15.2. The Labute approximate surface area is 119 Å². The van der Waals surface area contributed by atoms with Gasteiger partial charge in [-0.05, 0) is 43.6 Å².